The van der Waals surface area contributed by atoms with E-state index in [0.29, 0.717) is 12.8 Å². The molecule has 2 unspecified atom stereocenters. The third-order valence-electron chi connectivity index (χ3n) is 4.66. The van der Waals surface area contributed by atoms with Crippen LogP contribution in [0.15, 0.2) is 49.3 Å². The van der Waals surface area contributed by atoms with E-state index in [1.165, 1.54) is 11.1 Å². The molecular weight excluding hydrogens is 248 g/mol. The Balaban J connectivity index is 2.01. The van der Waals surface area contributed by atoms with E-state index in [9.17, 15) is 5.11 Å². The van der Waals surface area contributed by atoms with Crippen LogP contribution in [0.1, 0.15) is 47.2 Å². The van der Waals surface area contributed by atoms with Crippen molar-refractivity contribution >= 4 is 0 Å². The van der Waals surface area contributed by atoms with Gasteiger partial charge in [-0.05, 0) is 24.0 Å². The molecule has 1 aromatic heterocycles. The molecule has 0 saturated carbocycles. The van der Waals surface area contributed by atoms with Crippen molar-refractivity contribution in [1.29, 1.82) is 0 Å². The van der Waals surface area contributed by atoms with Gasteiger partial charge in [-0.1, -0.05) is 30.3 Å². The Morgan fingerprint density at radius 1 is 1.05 bits per heavy atom. The third kappa shape index (κ3) is 1.50. The molecule has 20 heavy (non-hydrogen) atoms. The fourth-order valence-electron chi connectivity index (χ4n) is 3.71. The van der Waals surface area contributed by atoms with Crippen LogP contribution in [0.4, 0.5) is 0 Å². The first-order valence-electron chi connectivity index (χ1n) is 6.97. The maximum absolute atomic E-state index is 10.8. The highest BCUT2D eigenvalue weighted by Crippen LogP contribution is 2.52. The Morgan fingerprint density at radius 3 is 2.00 bits per heavy atom. The van der Waals surface area contributed by atoms with Crippen molar-refractivity contribution in [2.45, 2.75) is 30.3 Å². The Morgan fingerprint density at radius 2 is 1.55 bits per heavy atom. The molecule has 3 aliphatic carbocycles. The van der Waals surface area contributed by atoms with Gasteiger partial charge < -0.3 is 5.11 Å². The van der Waals surface area contributed by atoms with E-state index in [2.05, 4.69) is 40.8 Å². The number of fused-ring (bicyclic) bond motifs is 2. The van der Waals surface area contributed by atoms with Gasteiger partial charge in [0.05, 0.1) is 17.0 Å². The molecular formula is C17H16N2O. The summed E-state index contributed by atoms with van der Waals surface area (Å²) in [6.07, 6.45) is 6.44. The zero-order valence-corrected chi connectivity index (χ0v) is 11.2. The van der Waals surface area contributed by atoms with Crippen LogP contribution in [0, 0.1) is 0 Å². The monoisotopic (exact) mass is 264 g/mol. The smallest absolute Gasteiger partial charge is 0.0844 e. The molecule has 0 aliphatic heterocycles. The molecule has 1 aromatic carbocycles. The van der Waals surface area contributed by atoms with Crippen LogP contribution < -0.4 is 0 Å². The largest absolute Gasteiger partial charge is 0.386 e. The van der Waals surface area contributed by atoms with Crippen LogP contribution in [-0.4, -0.2) is 20.7 Å². The first-order valence-corrected chi connectivity index (χ1v) is 6.97. The summed E-state index contributed by atoms with van der Waals surface area (Å²) in [6, 6.07) is 8.42. The van der Waals surface area contributed by atoms with E-state index >= 15 is 0 Å². The number of aromatic nitrogens is 2. The van der Waals surface area contributed by atoms with Crippen molar-refractivity contribution < 1.29 is 5.11 Å². The molecule has 0 radical (unpaired) electrons. The number of hydrogen-bond acceptors (Lipinski definition) is 3. The lowest BCUT2D eigenvalue weighted by Crippen LogP contribution is -2.26. The molecule has 3 nitrogen and oxygen atoms in total. The van der Waals surface area contributed by atoms with Crippen LogP contribution in [0.25, 0.3) is 0 Å². The Kier molecular flexibility index (Phi) is 2.36. The SMILES string of the molecule is C=CC1(O)CC2c3ccccc3C(C1)c1nccnc12. The van der Waals surface area contributed by atoms with Crippen molar-refractivity contribution in [3.63, 3.8) is 0 Å². The Bertz CT molecular complexity index is 595. The van der Waals surface area contributed by atoms with Crippen LogP contribution in [-0.2, 0) is 0 Å². The van der Waals surface area contributed by atoms with Crippen molar-refractivity contribution in [2.75, 3.05) is 0 Å². The first-order chi connectivity index (χ1) is 9.72. The van der Waals surface area contributed by atoms with E-state index in [1.54, 1.807) is 18.5 Å². The molecule has 3 heteroatoms. The topological polar surface area (TPSA) is 46.0 Å². The molecule has 2 atom stereocenters. The normalized spacial score (nSPS) is 30.2. The van der Waals surface area contributed by atoms with Gasteiger partial charge in [0.2, 0.25) is 0 Å². The van der Waals surface area contributed by atoms with Gasteiger partial charge in [-0.2, -0.15) is 0 Å². The number of rotatable bonds is 1. The van der Waals surface area contributed by atoms with Gasteiger partial charge in [-0.3, -0.25) is 9.97 Å². The van der Waals surface area contributed by atoms with Crippen molar-refractivity contribution in [3.05, 3.63) is 71.8 Å². The van der Waals surface area contributed by atoms with Gasteiger partial charge in [0, 0.05) is 24.2 Å². The van der Waals surface area contributed by atoms with Gasteiger partial charge in [0.25, 0.3) is 0 Å². The van der Waals surface area contributed by atoms with E-state index in [4.69, 9.17) is 0 Å². The lowest BCUT2D eigenvalue weighted by Gasteiger charge is -2.27. The van der Waals surface area contributed by atoms with Crippen LogP contribution >= 0.6 is 0 Å². The molecule has 0 amide bonds. The number of hydrogen-bond donors (Lipinski definition) is 1. The summed E-state index contributed by atoms with van der Waals surface area (Å²) in [5.41, 5.74) is 3.76. The highest BCUT2D eigenvalue weighted by molar-refractivity contribution is 5.50. The van der Waals surface area contributed by atoms with Crippen LogP contribution in [0.3, 0.4) is 0 Å². The standard InChI is InChI=1S/C17H16N2O/c1-2-17(20)9-13-11-5-3-4-6-12(11)14(10-17)16-15(13)18-7-8-19-16/h2-8,13-14,20H,1,9-10H2. The second-order valence-electron chi connectivity index (χ2n) is 5.78. The first kappa shape index (κ1) is 11.8. The second kappa shape index (κ2) is 4.00. The summed E-state index contributed by atoms with van der Waals surface area (Å²) in [4.78, 5) is 9.11. The minimum atomic E-state index is -0.850. The predicted octanol–water partition coefficient (Wildman–Crippen LogP) is 2.76. The Hall–Kier alpha value is -2.00. The third-order valence-corrected chi connectivity index (χ3v) is 4.66. The maximum Gasteiger partial charge on any atom is 0.0844 e. The zero-order valence-electron chi connectivity index (χ0n) is 11.2. The lowest BCUT2D eigenvalue weighted by molar-refractivity contribution is 0.0705. The summed E-state index contributed by atoms with van der Waals surface area (Å²) in [5, 5.41) is 10.8. The zero-order chi connectivity index (χ0) is 13.7. The van der Waals surface area contributed by atoms with Gasteiger partial charge in [0.1, 0.15) is 0 Å². The second-order valence-corrected chi connectivity index (χ2v) is 5.78. The molecule has 0 fully saturated rings. The summed E-state index contributed by atoms with van der Waals surface area (Å²) in [7, 11) is 0. The van der Waals surface area contributed by atoms with E-state index in [1.807, 2.05) is 0 Å². The average molecular weight is 264 g/mol. The van der Waals surface area contributed by atoms with E-state index < -0.39 is 5.60 Å². The van der Waals surface area contributed by atoms with E-state index in [0.717, 1.165) is 11.4 Å². The highest BCUT2D eigenvalue weighted by atomic mass is 16.3. The van der Waals surface area contributed by atoms with Crippen molar-refractivity contribution in [3.8, 4) is 0 Å². The fraction of sp³-hybridized carbons (Fsp3) is 0.294. The van der Waals surface area contributed by atoms with Gasteiger partial charge in [-0.25, -0.2) is 0 Å². The quantitative estimate of drug-likeness (QED) is 0.806. The average Bonchev–Trinajstić information content (AvgIpc) is 2.72. The molecule has 5 rings (SSSR count). The molecule has 2 aromatic rings. The number of benzene rings is 1. The number of aliphatic hydroxyl groups is 1. The molecule has 0 spiro atoms. The van der Waals surface area contributed by atoms with Crippen molar-refractivity contribution in [2.24, 2.45) is 0 Å². The van der Waals surface area contributed by atoms with Gasteiger partial charge in [0.15, 0.2) is 0 Å². The van der Waals surface area contributed by atoms with Crippen LogP contribution in [0.2, 0.25) is 0 Å². The minimum absolute atomic E-state index is 0.108. The summed E-state index contributed by atoms with van der Waals surface area (Å²) >= 11 is 0. The highest BCUT2D eigenvalue weighted by Gasteiger charge is 2.45. The number of nitrogens with zero attached hydrogens (tertiary/aromatic N) is 2. The predicted molar refractivity (Wildman–Crippen MR) is 76.5 cm³/mol. The van der Waals surface area contributed by atoms with Gasteiger partial charge >= 0.3 is 0 Å². The molecule has 2 bridgehead atoms. The fourth-order valence-corrected chi connectivity index (χ4v) is 3.71. The maximum atomic E-state index is 10.8. The molecule has 1 N–H and O–H groups in total. The van der Waals surface area contributed by atoms with Crippen molar-refractivity contribution in [1.82, 2.24) is 9.97 Å². The molecule has 3 aliphatic rings. The van der Waals surface area contributed by atoms with Gasteiger partial charge in [-0.15, -0.1) is 6.58 Å². The summed E-state index contributed by atoms with van der Waals surface area (Å²) in [6.45, 7) is 3.83. The molecule has 100 valence electrons. The van der Waals surface area contributed by atoms with Crippen LogP contribution in [0.5, 0.6) is 0 Å². The Labute approximate surface area is 118 Å². The minimum Gasteiger partial charge on any atom is -0.386 e. The molecule has 1 heterocycles. The summed E-state index contributed by atoms with van der Waals surface area (Å²) in [5.74, 6) is 0.216. The summed E-state index contributed by atoms with van der Waals surface area (Å²) < 4.78 is 0. The van der Waals surface area contributed by atoms with E-state index in [-0.39, 0.29) is 11.8 Å². The molecule has 0 saturated heterocycles. The lowest BCUT2D eigenvalue weighted by atomic mass is 9.78.